The Hall–Kier alpha value is -1.85. The fourth-order valence-electron chi connectivity index (χ4n) is 2.53. The maximum Gasteiger partial charge on any atom is 0.265 e. The molecule has 0 saturated heterocycles. The molecule has 1 aromatic carbocycles. The van der Waals surface area contributed by atoms with Gasteiger partial charge < -0.3 is 4.90 Å². The van der Waals surface area contributed by atoms with Crippen LogP contribution in [0.5, 0.6) is 0 Å². The van der Waals surface area contributed by atoms with E-state index in [-0.39, 0.29) is 5.91 Å². The summed E-state index contributed by atoms with van der Waals surface area (Å²) in [6.07, 6.45) is 1.99. The Balaban J connectivity index is 1.86. The van der Waals surface area contributed by atoms with Gasteiger partial charge in [0.1, 0.15) is 4.88 Å². The Kier molecular flexibility index (Phi) is 4.41. The highest BCUT2D eigenvalue weighted by Crippen LogP contribution is 2.35. The predicted molar refractivity (Wildman–Crippen MR) is 95.3 cm³/mol. The average Bonchev–Trinajstić information content (AvgIpc) is 3.07. The third-order valence-corrected chi connectivity index (χ3v) is 5.52. The normalized spacial score (nSPS) is 11.1. The molecule has 0 bridgehead atoms. The topological polar surface area (TPSA) is 38.1 Å². The van der Waals surface area contributed by atoms with E-state index in [1.165, 1.54) is 11.3 Å². The van der Waals surface area contributed by atoms with Crippen LogP contribution in [0.25, 0.3) is 10.1 Å². The van der Waals surface area contributed by atoms with Gasteiger partial charge in [0.15, 0.2) is 0 Å². The summed E-state index contributed by atoms with van der Waals surface area (Å²) in [7, 11) is 1.80. The Bertz CT molecular complexity index is 868. The van der Waals surface area contributed by atoms with Crippen LogP contribution in [0, 0.1) is 6.92 Å². The molecular formula is C17H18ClN3OS. The largest absolute Gasteiger partial charge is 0.337 e. The summed E-state index contributed by atoms with van der Waals surface area (Å²) in [6.45, 7) is 5.35. The maximum atomic E-state index is 12.8. The van der Waals surface area contributed by atoms with E-state index >= 15 is 0 Å². The van der Waals surface area contributed by atoms with Crippen molar-refractivity contribution in [3.05, 3.63) is 51.6 Å². The van der Waals surface area contributed by atoms with E-state index in [4.69, 9.17) is 11.6 Å². The summed E-state index contributed by atoms with van der Waals surface area (Å²) in [4.78, 5) is 15.0. The molecule has 0 spiro atoms. The molecule has 0 N–H and O–H groups in total. The van der Waals surface area contributed by atoms with Crippen LogP contribution >= 0.6 is 22.9 Å². The minimum Gasteiger partial charge on any atom is -0.337 e. The lowest BCUT2D eigenvalue weighted by molar-refractivity contribution is 0.0790. The van der Waals surface area contributed by atoms with Gasteiger partial charge in [0.25, 0.3) is 5.91 Å². The summed E-state index contributed by atoms with van der Waals surface area (Å²) in [5, 5.41) is 5.90. The monoisotopic (exact) mass is 347 g/mol. The van der Waals surface area contributed by atoms with Gasteiger partial charge in [-0.15, -0.1) is 11.3 Å². The number of thiophene rings is 1. The van der Waals surface area contributed by atoms with Crippen molar-refractivity contribution in [3.63, 3.8) is 0 Å². The van der Waals surface area contributed by atoms with Crippen LogP contribution in [-0.2, 0) is 13.1 Å². The molecule has 0 saturated carbocycles. The van der Waals surface area contributed by atoms with Crippen molar-refractivity contribution >= 4 is 38.9 Å². The van der Waals surface area contributed by atoms with E-state index in [1.54, 1.807) is 11.9 Å². The van der Waals surface area contributed by atoms with Crippen LogP contribution in [0.2, 0.25) is 5.02 Å². The van der Waals surface area contributed by atoms with Crippen molar-refractivity contribution in [3.8, 4) is 0 Å². The molecule has 3 rings (SSSR count). The quantitative estimate of drug-likeness (QED) is 0.703. The zero-order valence-electron chi connectivity index (χ0n) is 13.3. The molecule has 0 radical (unpaired) electrons. The van der Waals surface area contributed by atoms with Crippen molar-refractivity contribution in [2.45, 2.75) is 26.9 Å². The number of fused-ring (bicyclic) bond motifs is 1. The van der Waals surface area contributed by atoms with Gasteiger partial charge in [0, 0.05) is 42.0 Å². The van der Waals surface area contributed by atoms with E-state index in [9.17, 15) is 4.79 Å². The number of halogens is 1. The van der Waals surface area contributed by atoms with E-state index < -0.39 is 0 Å². The van der Waals surface area contributed by atoms with Crippen molar-refractivity contribution in [1.82, 2.24) is 14.7 Å². The van der Waals surface area contributed by atoms with Gasteiger partial charge in [-0.1, -0.05) is 29.8 Å². The van der Waals surface area contributed by atoms with Crippen LogP contribution in [-0.4, -0.2) is 27.6 Å². The Morgan fingerprint density at radius 3 is 2.78 bits per heavy atom. The third-order valence-electron chi connectivity index (χ3n) is 3.86. The van der Waals surface area contributed by atoms with Gasteiger partial charge in [0.2, 0.25) is 0 Å². The number of carbonyl (C=O) groups is 1. The van der Waals surface area contributed by atoms with Crippen LogP contribution in [0.3, 0.4) is 0 Å². The molecule has 2 aromatic heterocycles. The number of nitrogens with zero attached hydrogens (tertiary/aromatic N) is 3. The summed E-state index contributed by atoms with van der Waals surface area (Å²) >= 11 is 7.84. The SMILES string of the molecule is CCn1cc(CN(C)C(=O)c2sc3ccccc3c2Cl)c(C)n1. The minimum absolute atomic E-state index is 0.0557. The van der Waals surface area contributed by atoms with Crippen LogP contribution in [0.15, 0.2) is 30.5 Å². The number of rotatable bonds is 4. The smallest absolute Gasteiger partial charge is 0.265 e. The van der Waals surface area contributed by atoms with Crippen molar-refractivity contribution in [2.24, 2.45) is 0 Å². The Morgan fingerprint density at radius 2 is 2.13 bits per heavy atom. The molecule has 0 unspecified atom stereocenters. The second-order valence-electron chi connectivity index (χ2n) is 5.50. The van der Waals surface area contributed by atoms with Crippen LogP contribution in [0.4, 0.5) is 0 Å². The predicted octanol–water partition coefficient (Wildman–Crippen LogP) is 4.35. The van der Waals surface area contributed by atoms with Gasteiger partial charge >= 0.3 is 0 Å². The van der Waals surface area contributed by atoms with Gasteiger partial charge in [-0.05, 0) is 19.9 Å². The van der Waals surface area contributed by atoms with Gasteiger partial charge in [0.05, 0.1) is 10.7 Å². The molecule has 6 heteroatoms. The number of carbonyl (C=O) groups excluding carboxylic acids is 1. The number of hydrogen-bond donors (Lipinski definition) is 0. The molecule has 4 nitrogen and oxygen atoms in total. The summed E-state index contributed by atoms with van der Waals surface area (Å²) < 4.78 is 2.92. The van der Waals surface area contributed by atoms with Crippen molar-refractivity contribution < 1.29 is 4.79 Å². The standard InChI is InChI=1S/C17H18ClN3OS/c1-4-21-10-12(11(2)19-21)9-20(3)17(22)16-15(18)13-7-5-6-8-14(13)23-16/h5-8,10H,4,9H2,1-3H3. The van der Waals surface area contributed by atoms with Gasteiger partial charge in [-0.25, -0.2) is 0 Å². The van der Waals surface area contributed by atoms with Crippen LogP contribution < -0.4 is 0 Å². The minimum atomic E-state index is -0.0557. The lowest BCUT2D eigenvalue weighted by Gasteiger charge is -2.16. The highest BCUT2D eigenvalue weighted by Gasteiger charge is 2.21. The second-order valence-corrected chi connectivity index (χ2v) is 6.93. The summed E-state index contributed by atoms with van der Waals surface area (Å²) in [5.41, 5.74) is 2.01. The summed E-state index contributed by atoms with van der Waals surface area (Å²) in [5.74, 6) is -0.0557. The molecule has 3 aromatic rings. The molecule has 0 aliphatic heterocycles. The van der Waals surface area contributed by atoms with E-state index in [1.807, 2.05) is 49.0 Å². The first-order valence-corrected chi connectivity index (χ1v) is 8.66. The molecule has 0 atom stereocenters. The lowest BCUT2D eigenvalue weighted by atomic mass is 10.2. The van der Waals surface area contributed by atoms with Gasteiger partial charge in [-0.2, -0.15) is 5.10 Å². The Labute approximate surface area is 144 Å². The number of hydrogen-bond acceptors (Lipinski definition) is 3. The molecule has 120 valence electrons. The first kappa shape index (κ1) is 16.0. The number of aryl methyl sites for hydroxylation is 2. The van der Waals surface area contributed by atoms with E-state index in [0.29, 0.717) is 16.4 Å². The van der Waals surface area contributed by atoms with Gasteiger partial charge in [-0.3, -0.25) is 9.48 Å². The highest BCUT2D eigenvalue weighted by molar-refractivity contribution is 7.21. The zero-order valence-corrected chi connectivity index (χ0v) is 14.9. The lowest BCUT2D eigenvalue weighted by Crippen LogP contribution is -2.25. The average molecular weight is 348 g/mol. The highest BCUT2D eigenvalue weighted by atomic mass is 35.5. The second kappa shape index (κ2) is 6.34. The fraction of sp³-hybridized carbons (Fsp3) is 0.294. The maximum absolute atomic E-state index is 12.8. The van der Waals surface area contributed by atoms with E-state index in [0.717, 1.165) is 27.9 Å². The third kappa shape index (κ3) is 2.99. The van der Waals surface area contributed by atoms with Crippen LogP contribution in [0.1, 0.15) is 27.9 Å². The molecule has 0 fully saturated rings. The number of benzene rings is 1. The fourth-order valence-corrected chi connectivity index (χ4v) is 4.04. The zero-order chi connectivity index (χ0) is 16.6. The summed E-state index contributed by atoms with van der Waals surface area (Å²) in [6, 6.07) is 7.81. The number of amides is 1. The van der Waals surface area contributed by atoms with Crippen molar-refractivity contribution in [1.29, 1.82) is 0 Å². The molecule has 0 aliphatic rings. The number of aromatic nitrogens is 2. The first-order valence-electron chi connectivity index (χ1n) is 7.46. The van der Waals surface area contributed by atoms with E-state index in [2.05, 4.69) is 5.10 Å². The molecule has 2 heterocycles. The van der Waals surface area contributed by atoms with Crippen molar-refractivity contribution in [2.75, 3.05) is 7.05 Å². The molecule has 1 amide bonds. The molecule has 23 heavy (non-hydrogen) atoms. The first-order chi connectivity index (χ1) is 11.0. The molecule has 0 aliphatic carbocycles. The molecular weight excluding hydrogens is 330 g/mol. The Morgan fingerprint density at radius 1 is 1.39 bits per heavy atom.